The van der Waals surface area contributed by atoms with E-state index in [0.717, 1.165) is 30.8 Å². The van der Waals surface area contributed by atoms with Gasteiger partial charge in [-0.1, -0.05) is 13.8 Å². The molecule has 0 amide bonds. The summed E-state index contributed by atoms with van der Waals surface area (Å²) in [5.41, 5.74) is 1.60. The van der Waals surface area contributed by atoms with E-state index in [4.69, 9.17) is 0 Å². The fourth-order valence-electron chi connectivity index (χ4n) is 1.75. The van der Waals surface area contributed by atoms with Crippen LogP contribution in [0.25, 0.3) is 0 Å². The summed E-state index contributed by atoms with van der Waals surface area (Å²) in [4.78, 5) is 0. The first-order valence-corrected chi connectivity index (χ1v) is 5.93. The molecule has 0 bridgehead atoms. The molecule has 1 aromatic heterocycles. The Morgan fingerprint density at radius 3 is 2.50 bits per heavy atom. The van der Waals surface area contributed by atoms with E-state index >= 15 is 0 Å². The normalized spacial score (nSPS) is 12.1. The molecule has 2 N–H and O–H groups in total. The molecule has 0 unspecified atom stereocenters. The smallest absolute Gasteiger partial charge is 0.0766 e. The molecule has 0 fully saturated rings. The molecule has 0 aromatic carbocycles. The number of aromatic nitrogens is 2. The van der Waals surface area contributed by atoms with Crippen LogP contribution in [0.4, 0.5) is 0 Å². The van der Waals surface area contributed by atoms with Gasteiger partial charge in [0, 0.05) is 20.1 Å². The third-order valence-corrected chi connectivity index (χ3v) is 3.18. The van der Waals surface area contributed by atoms with Crippen molar-refractivity contribution in [3.8, 4) is 0 Å². The first kappa shape index (κ1) is 13.2. The number of rotatable bonds is 6. The van der Waals surface area contributed by atoms with Gasteiger partial charge in [0.15, 0.2) is 0 Å². The zero-order valence-corrected chi connectivity index (χ0v) is 10.7. The molecular formula is C12H23N3O. The van der Waals surface area contributed by atoms with Crippen LogP contribution in [0.2, 0.25) is 0 Å². The molecule has 92 valence electrons. The highest BCUT2D eigenvalue weighted by Crippen LogP contribution is 2.13. The zero-order chi connectivity index (χ0) is 12.2. The first-order valence-electron chi connectivity index (χ1n) is 5.93. The molecule has 0 radical (unpaired) electrons. The maximum absolute atomic E-state index is 10.1. The zero-order valence-electron chi connectivity index (χ0n) is 10.7. The number of hydrogen-bond acceptors (Lipinski definition) is 3. The highest BCUT2D eigenvalue weighted by Gasteiger charge is 2.21. The van der Waals surface area contributed by atoms with E-state index in [1.807, 2.05) is 32.5 Å². The van der Waals surface area contributed by atoms with E-state index in [1.54, 1.807) is 0 Å². The highest BCUT2D eigenvalue weighted by molar-refractivity contribution is 5.08. The lowest BCUT2D eigenvalue weighted by Crippen LogP contribution is -2.39. The van der Waals surface area contributed by atoms with Crippen LogP contribution >= 0.6 is 0 Å². The van der Waals surface area contributed by atoms with Gasteiger partial charge in [0.25, 0.3) is 0 Å². The lowest BCUT2D eigenvalue weighted by atomic mass is 9.98. The maximum Gasteiger partial charge on any atom is 0.0766 e. The lowest BCUT2D eigenvalue weighted by Gasteiger charge is -2.25. The van der Waals surface area contributed by atoms with Crippen molar-refractivity contribution in [2.24, 2.45) is 7.05 Å². The van der Waals surface area contributed by atoms with Gasteiger partial charge < -0.3 is 10.4 Å². The van der Waals surface area contributed by atoms with Gasteiger partial charge in [-0.2, -0.15) is 5.10 Å². The second-order valence-corrected chi connectivity index (χ2v) is 4.44. The van der Waals surface area contributed by atoms with Crippen LogP contribution in [0.3, 0.4) is 0 Å². The Bertz CT molecular complexity index is 329. The monoisotopic (exact) mass is 225 g/mol. The molecule has 4 nitrogen and oxygen atoms in total. The van der Waals surface area contributed by atoms with Gasteiger partial charge in [-0.15, -0.1) is 0 Å². The Morgan fingerprint density at radius 2 is 2.06 bits per heavy atom. The molecule has 16 heavy (non-hydrogen) atoms. The van der Waals surface area contributed by atoms with Gasteiger partial charge in [-0.05, 0) is 25.8 Å². The van der Waals surface area contributed by atoms with Gasteiger partial charge in [0.1, 0.15) is 0 Å². The average molecular weight is 225 g/mol. The van der Waals surface area contributed by atoms with Gasteiger partial charge in [-0.25, -0.2) is 0 Å². The minimum atomic E-state index is -0.576. The van der Waals surface area contributed by atoms with E-state index in [0.29, 0.717) is 6.54 Å². The molecule has 0 saturated heterocycles. The molecule has 1 heterocycles. The van der Waals surface area contributed by atoms with Crippen molar-refractivity contribution >= 4 is 0 Å². The molecule has 0 saturated carbocycles. The summed E-state index contributed by atoms with van der Waals surface area (Å²) < 4.78 is 1.87. The Labute approximate surface area is 97.7 Å². The summed E-state index contributed by atoms with van der Waals surface area (Å²) in [5.74, 6) is 0. The van der Waals surface area contributed by atoms with Crippen molar-refractivity contribution in [1.82, 2.24) is 15.1 Å². The largest absolute Gasteiger partial charge is 0.389 e. The molecule has 4 heteroatoms. The van der Waals surface area contributed by atoms with Gasteiger partial charge in [0.05, 0.1) is 17.0 Å². The predicted octanol–water partition coefficient (Wildman–Crippen LogP) is 1.37. The third kappa shape index (κ3) is 3.32. The fraction of sp³-hybridized carbons (Fsp3) is 0.750. The number of nitrogens with zero attached hydrogens (tertiary/aromatic N) is 2. The number of hydrogen-bond donors (Lipinski definition) is 2. The Balaban J connectivity index is 2.44. The molecular weight excluding hydrogens is 202 g/mol. The highest BCUT2D eigenvalue weighted by atomic mass is 16.3. The van der Waals surface area contributed by atoms with Crippen molar-refractivity contribution in [2.45, 2.75) is 45.8 Å². The lowest BCUT2D eigenvalue weighted by molar-refractivity contribution is 0.0321. The van der Waals surface area contributed by atoms with E-state index < -0.39 is 5.60 Å². The Morgan fingerprint density at radius 1 is 1.44 bits per heavy atom. The van der Waals surface area contributed by atoms with Crippen molar-refractivity contribution in [1.29, 1.82) is 0 Å². The van der Waals surface area contributed by atoms with E-state index in [2.05, 4.69) is 16.5 Å². The molecule has 0 aliphatic carbocycles. The van der Waals surface area contributed by atoms with Gasteiger partial charge in [0.2, 0.25) is 0 Å². The first-order chi connectivity index (χ1) is 7.50. The summed E-state index contributed by atoms with van der Waals surface area (Å²) >= 11 is 0. The summed E-state index contributed by atoms with van der Waals surface area (Å²) in [6.07, 6.45) is 1.56. The number of aryl methyl sites for hydroxylation is 2. The van der Waals surface area contributed by atoms with E-state index in [9.17, 15) is 5.11 Å². The Kier molecular flexibility index (Phi) is 4.50. The van der Waals surface area contributed by atoms with Crippen LogP contribution in [0.1, 0.15) is 38.1 Å². The standard InChI is InChI=1S/C12H23N3O/c1-5-12(16,6-2)9-13-8-11-7-10(3)14-15(11)4/h7,13,16H,5-6,8-9H2,1-4H3. The number of aliphatic hydroxyl groups is 1. The van der Waals surface area contributed by atoms with Crippen molar-refractivity contribution in [3.05, 3.63) is 17.5 Å². The van der Waals surface area contributed by atoms with Crippen LogP contribution in [-0.2, 0) is 13.6 Å². The van der Waals surface area contributed by atoms with Crippen LogP contribution in [-0.4, -0.2) is 27.0 Å². The van der Waals surface area contributed by atoms with Gasteiger partial charge in [-0.3, -0.25) is 4.68 Å². The van der Waals surface area contributed by atoms with E-state index in [1.165, 1.54) is 0 Å². The average Bonchev–Trinajstić information content (AvgIpc) is 2.57. The second kappa shape index (κ2) is 5.46. The summed E-state index contributed by atoms with van der Waals surface area (Å²) in [5, 5.41) is 17.7. The fourth-order valence-corrected chi connectivity index (χ4v) is 1.75. The van der Waals surface area contributed by atoms with Gasteiger partial charge >= 0.3 is 0 Å². The SMILES string of the molecule is CCC(O)(CC)CNCc1cc(C)nn1C. The molecule has 0 aliphatic heterocycles. The molecule has 0 spiro atoms. The predicted molar refractivity (Wildman–Crippen MR) is 65.2 cm³/mol. The maximum atomic E-state index is 10.1. The van der Waals surface area contributed by atoms with Crippen LogP contribution < -0.4 is 5.32 Å². The van der Waals surface area contributed by atoms with Crippen molar-refractivity contribution in [2.75, 3.05) is 6.54 Å². The summed E-state index contributed by atoms with van der Waals surface area (Å²) in [6.45, 7) is 7.39. The summed E-state index contributed by atoms with van der Waals surface area (Å²) in [7, 11) is 1.94. The Hall–Kier alpha value is -0.870. The molecule has 0 atom stereocenters. The van der Waals surface area contributed by atoms with Crippen LogP contribution in [0.15, 0.2) is 6.07 Å². The molecule has 1 aromatic rings. The second-order valence-electron chi connectivity index (χ2n) is 4.44. The third-order valence-electron chi connectivity index (χ3n) is 3.18. The molecule has 1 rings (SSSR count). The molecule has 0 aliphatic rings. The topological polar surface area (TPSA) is 50.1 Å². The van der Waals surface area contributed by atoms with Crippen LogP contribution in [0, 0.1) is 6.92 Å². The minimum Gasteiger partial charge on any atom is -0.389 e. The summed E-state index contributed by atoms with van der Waals surface area (Å²) in [6, 6.07) is 2.06. The number of nitrogens with one attached hydrogen (secondary N) is 1. The van der Waals surface area contributed by atoms with Crippen LogP contribution in [0.5, 0.6) is 0 Å². The van der Waals surface area contributed by atoms with E-state index in [-0.39, 0.29) is 0 Å². The quantitative estimate of drug-likeness (QED) is 0.769. The van der Waals surface area contributed by atoms with Crippen molar-refractivity contribution in [3.63, 3.8) is 0 Å². The van der Waals surface area contributed by atoms with Crippen molar-refractivity contribution < 1.29 is 5.11 Å². The minimum absolute atomic E-state index is 0.576.